The van der Waals surface area contributed by atoms with Crippen LogP contribution in [0.5, 0.6) is 0 Å². The summed E-state index contributed by atoms with van der Waals surface area (Å²) in [4.78, 5) is 3.02. The number of hydrogen-bond acceptors (Lipinski definition) is 1. The van der Waals surface area contributed by atoms with Crippen molar-refractivity contribution >= 4 is 0 Å². The molecule has 1 aromatic rings. The van der Waals surface area contributed by atoms with Gasteiger partial charge in [0.15, 0.2) is 11.5 Å². The van der Waals surface area contributed by atoms with E-state index in [1.807, 2.05) is 0 Å². The average Bonchev–Trinajstić information content (AvgIpc) is 2.01. The molecule has 0 spiro atoms. The molecule has 0 bridgehead atoms. The second kappa shape index (κ2) is 3.32. The molecule has 0 radical (unpaired) electrons. The summed E-state index contributed by atoms with van der Waals surface area (Å²) in [7, 11) is 0. The highest BCUT2D eigenvalue weighted by atomic mass is 19.4. The van der Waals surface area contributed by atoms with E-state index in [9.17, 15) is 17.6 Å². The summed E-state index contributed by atoms with van der Waals surface area (Å²) >= 11 is 0. The molecule has 5 heteroatoms. The van der Waals surface area contributed by atoms with E-state index < -0.39 is 17.7 Å². The number of pyridine rings is 1. The number of hydrogen-bond donors (Lipinski definition) is 0. The Morgan fingerprint density at radius 3 is 2.38 bits per heavy atom. The lowest BCUT2D eigenvalue weighted by molar-refractivity contribution is -0.143. The summed E-state index contributed by atoms with van der Waals surface area (Å²) in [5.74, 6) is -1.31. The molecule has 13 heavy (non-hydrogen) atoms. The normalized spacial score (nSPS) is 11.8. The van der Waals surface area contributed by atoms with E-state index in [1.165, 1.54) is 0 Å². The summed E-state index contributed by atoms with van der Waals surface area (Å²) in [5, 5.41) is 0. The Morgan fingerprint density at radius 2 is 2.00 bits per heavy atom. The molecule has 0 N–H and O–H groups in total. The highest BCUT2D eigenvalue weighted by Crippen LogP contribution is 2.29. The lowest BCUT2D eigenvalue weighted by Crippen LogP contribution is -2.11. The largest absolute Gasteiger partial charge is 0.436 e. The highest BCUT2D eigenvalue weighted by molar-refractivity contribution is 5.18. The Kier molecular flexibility index (Phi) is 2.54. The monoisotopic (exact) mass is 193 g/mol. The molecule has 1 heterocycles. The van der Waals surface area contributed by atoms with Crippen LogP contribution in [-0.2, 0) is 12.6 Å². The summed E-state index contributed by atoms with van der Waals surface area (Å²) in [5.41, 5.74) is -1.00. The zero-order valence-electron chi connectivity index (χ0n) is 6.82. The lowest BCUT2D eigenvalue weighted by atomic mass is 10.2. The molecule has 72 valence electrons. The van der Waals surface area contributed by atoms with Gasteiger partial charge in [0.2, 0.25) is 0 Å². The minimum absolute atomic E-state index is 0.450. The number of nitrogens with zero attached hydrogens (tertiary/aromatic N) is 1. The Labute approximate surface area is 72.4 Å². The molecule has 1 rings (SSSR count). The Hall–Kier alpha value is -1.13. The molecule has 0 saturated heterocycles. The van der Waals surface area contributed by atoms with Gasteiger partial charge < -0.3 is 0 Å². The van der Waals surface area contributed by atoms with Crippen molar-refractivity contribution in [2.75, 3.05) is 0 Å². The molecule has 0 aliphatic heterocycles. The van der Waals surface area contributed by atoms with Gasteiger partial charge in [-0.25, -0.2) is 9.37 Å². The zero-order chi connectivity index (χ0) is 10.1. The third-order valence-corrected chi connectivity index (χ3v) is 1.57. The maximum Gasteiger partial charge on any atom is 0.436 e. The highest BCUT2D eigenvalue weighted by Gasteiger charge is 2.35. The van der Waals surface area contributed by atoms with Crippen molar-refractivity contribution in [2.24, 2.45) is 0 Å². The first-order valence-corrected chi connectivity index (χ1v) is 3.66. The van der Waals surface area contributed by atoms with Gasteiger partial charge in [0.05, 0.1) is 0 Å². The average molecular weight is 193 g/mol. The number of alkyl halides is 3. The van der Waals surface area contributed by atoms with Gasteiger partial charge >= 0.3 is 6.18 Å². The zero-order valence-corrected chi connectivity index (χ0v) is 6.82. The SMILES string of the molecule is CCc1cnc(C(F)(F)F)c(F)c1. The molecule has 0 aliphatic rings. The molecule has 0 fully saturated rings. The Bertz CT molecular complexity index is 306. The van der Waals surface area contributed by atoms with E-state index in [-0.39, 0.29) is 0 Å². The molecule has 1 nitrogen and oxygen atoms in total. The third kappa shape index (κ3) is 2.17. The van der Waals surface area contributed by atoms with Crippen LogP contribution in [0.1, 0.15) is 18.2 Å². The summed E-state index contributed by atoms with van der Waals surface area (Å²) < 4.78 is 48.7. The minimum Gasteiger partial charge on any atom is -0.249 e. The predicted molar refractivity (Wildman–Crippen MR) is 38.6 cm³/mol. The minimum atomic E-state index is -4.71. The Morgan fingerprint density at radius 1 is 1.38 bits per heavy atom. The van der Waals surface area contributed by atoms with Crippen LogP contribution in [0.3, 0.4) is 0 Å². The summed E-state index contributed by atoms with van der Waals surface area (Å²) in [6.07, 6.45) is -3.22. The summed E-state index contributed by atoms with van der Waals surface area (Å²) in [6, 6.07) is 0.857. The first kappa shape index (κ1) is 9.95. The van der Waals surface area contributed by atoms with E-state index >= 15 is 0 Å². The van der Waals surface area contributed by atoms with Gasteiger partial charge in [0, 0.05) is 6.20 Å². The van der Waals surface area contributed by atoms with Gasteiger partial charge in [-0.2, -0.15) is 13.2 Å². The third-order valence-electron chi connectivity index (χ3n) is 1.57. The molecule has 0 aliphatic carbocycles. The van der Waals surface area contributed by atoms with Crippen molar-refractivity contribution in [3.05, 3.63) is 29.3 Å². The van der Waals surface area contributed by atoms with Crippen molar-refractivity contribution in [3.8, 4) is 0 Å². The van der Waals surface area contributed by atoms with Crippen LogP contribution in [0.15, 0.2) is 12.3 Å². The van der Waals surface area contributed by atoms with Gasteiger partial charge in [-0.05, 0) is 18.1 Å². The number of aryl methyl sites for hydroxylation is 1. The number of halogens is 4. The quantitative estimate of drug-likeness (QED) is 0.625. The topological polar surface area (TPSA) is 12.9 Å². The van der Waals surface area contributed by atoms with Gasteiger partial charge in [-0.15, -0.1) is 0 Å². The van der Waals surface area contributed by atoms with Crippen molar-refractivity contribution < 1.29 is 17.6 Å². The fourth-order valence-corrected chi connectivity index (χ4v) is 0.879. The predicted octanol–water partition coefficient (Wildman–Crippen LogP) is 2.80. The van der Waals surface area contributed by atoms with Crippen LogP contribution in [0, 0.1) is 5.82 Å². The van der Waals surface area contributed by atoms with Crippen LogP contribution >= 0.6 is 0 Å². The fourth-order valence-electron chi connectivity index (χ4n) is 0.879. The molecule has 0 saturated carbocycles. The molecule has 0 unspecified atom stereocenters. The van der Waals surface area contributed by atoms with Crippen molar-refractivity contribution in [1.82, 2.24) is 4.98 Å². The molecule has 1 aromatic heterocycles. The molecular formula is C8H7F4N. The molecule has 0 amide bonds. The van der Waals surface area contributed by atoms with Crippen LogP contribution in [0.4, 0.5) is 17.6 Å². The van der Waals surface area contributed by atoms with E-state index in [0.29, 0.717) is 12.0 Å². The van der Waals surface area contributed by atoms with Gasteiger partial charge in [-0.3, -0.25) is 0 Å². The van der Waals surface area contributed by atoms with Gasteiger partial charge in [-0.1, -0.05) is 6.92 Å². The maximum absolute atomic E-state index is 12.8. The van der Waals surface area contributed by atoms with Crippen LogP contribution in [0.25, 0.3) is 0 Å². The van der Waals surface area contributed by atoms with Crippen LogP contribution < -0.4 is 0 Å². The fraction of sp³-hybridized carbons (Fsp3) is 0.375. The van der Waals surface area contributed by atoms with E-state index in [4.69, 9.17) is 0 Å². The number of rotatable bonds is 1. The van der Waals surface area contributed by atoms with Crippen LogP contribution in [0.2, 0.25) is 0 Å². The van der Waals surface area contributed by atoms with E-state index in [0.717, 1.165) is 12.3 Å². The smallest absolute Gasteiger partial charge is 0.249 e. The van der Waals surface area contributed by atoms with Gasteiger partial charge in [0.25, 0.3) is 0 Å². The first-order valence-electron chi connectivity index (χ1n) is 3.66. The van der Waals surface area contributed by atoms with Crippen molar-refractivity contribution in [1.29, 1.82) is 0 Å². The summed E-state index contributed by atoms with van der Waals surface area (Å²) in [6.45, 7) is 1.71. The maximum atomic E-state index is 12.8. The first-order chi connectivity index (χ1) is 5.95. The Balaban J connectivity index is 3.13. The number of aromatic nitrogens is 1. The standard InChI is InChI=1S/C8H7F4N/c1-2-5-3-6(9)7(13-4-5)8(10,11)12/h3-4H,2H2,1H3. The molecule has 0 aromatic carbocycles. The van der Waals surface area contributed by atoms with E-state index in [2.05, 4.69) is 4.98 Å². The molecule has 0 atom stereocenters. The van der Waals surface area contributed by atoms with Crippen LogP contribution in [-0.4, -0.2) is 4.98 Å². The second-order valence-corrected chi connectivity index (χ2v) is 2.53. The van der Waals surface area contributed by atoms with Gasteiger partial charge in [0.1, 0.15) is 0 Å². The molecular weight excluding hydrogens is 186 g/mol. The van der Waals surface area contributed by atoms with Crippen molar-refractivity contribution in [3.63, 3.8) is 0 Å². The lowest BCUT2D eigenvalue weighted by Gasteiger charge is -2.06. The second-order valence-electron chi connectivity index (χ2n) is 2.53. The van der Waals surface area contributed by atoms with E-state index in [1.54, 1.807) is 6.92 Å². The van der Waals surface area contributed by atoms with Crippen molar-refractivity contribution in [2.45, 2.75) is 19.5 Å².